The first-order valence-electron chi connectivity index (χ1n) is 5.99. The lowest BCUT2D eigenvalue weighted by Crippen LogP contribution is -2.09. The minimum atomic E-state index is -0.380. The molecular formula is C15H15FO3. The van der Waals surface area contributed by atoms with Crippen LogP contribution in [0.1, 0.15) is 5.56 Å². The zero-order valence-corrected chi connectivity index (χ0v) is 10.4. The smallest absolute Gasteiger partial charge is 0.165 e. The van der Waals surface area contributed by atoms with Crippen LogP contribution >= 0.6 is 0 Å². The van der Waals surface area contributed by atoms with Crippen LogP contribution in [-0.2, 0) is 6.61 Å². The number of halogens is 1. The molecule has 0 aliphatic rings. The molecule has 2 aromatic rings. The molecule has 0 saturated heterocycles. The molecule has 0 fully saturated rings. The summed E-state index contributed by atoms with van der Waals surface area (Å²) in [6.07, 6.45) is 0. The van der Waals surface area contributed by atoms with Crippen LogP contribution in [-0.4, -0.2) is 18.3 Å². The van der Waals surface area contributed by atoms with E-state index in [1.165, 1.54) is 6.07 Å². The molecule has 0 aromatic heterocycles. The van der Waals surface area contributed by atoms with Crippen molar-refractivity contribution in [1.29, 1.82) is 0 Å². The Hall–Kier alpha value is -2.07. The molecule has 0 radical (unpaired) electrons. The molecule has 0 unspecified atom stereocenters. The molecule has 2 rings (SSSR count). The maximum absolute atomic E-state index is 13.2. The Kier molecular flexibility index (Phi) is 4.75. The van der Waals surface area contributed by atoms with Gasteiger partial charge in [0.1, 0.15) is 19.0 Å². The molecule has 4 heteroatoms. The van der Waals surface area contributed by atoms with Crippen molar-refractivity contribution in [1.82, 2.24) is 0 Å². The van der Waals surface area contributed by atoms with Gasteiger partial charge in [0.2, 0.25) is 0 Å². The molecule has 2 aromatic carbocycles. The molecule has 0 atom stereocenters. The van der Waals surface area contributed by atoms with E-state index in [1.807, 2.05) is 0 Å². The second-order valence-corrected chi connectivity index (χ2v) is 3.93. The van der Waals surface area contributed by atoms with Crippen LogP contribution in [0.25, 0.3) is 0 Å². The maximum atomic E-state index is 13.2. The quantitative estimate of drug-likeness (QED) is 0.813. The molecule has 0 bridgehead atoms. The molecule has 100 valence electrons. The summed E-state index contributed by atoms with van der Waals surface area (Å²) in [5.41, 5.74) is 0.829. The van der Waals surface area contributed by atoms with Gasteiger partial charge in [0.25, 0.3) is 0 Å². The molecule has 0 saturated carbocycles. The molecule has 0 aliphatic carbocycles. The first-order valence-corrected chi connectivity index (χ1v) is 5.99. The van der Waals surface area contributed by atoms with Crippen LogP contribution in [0.2, 0.25) is 0 Å². The zero-order valence-electron chi connectivity index (χ0n) is 10.4. The van der Waals surface area contributed by atoms with Crippen molar-refractivity contribution in [3.8, 4) is 11.5 Å². The molecule has 0 aliphatic heterocycles. The van der Waals surface area contributed by atoms with Crippen LogP contribution in [0.3, 0.4) is 0 Å². The van der Waals surface area contributed by atoms with Gasteiger partial charge in [-0.1, -0.05) is 24.3 Å². The molecule has 3 nitrogen and oxygen atoms in total. The largest absolute Gasteiger partial charge is 0.490 e. The summed E-state index contributed by atoms with van der Waals surface area (Å²) in [5, 5.41) is 8.90. The number of rotatable bonds is 6. The highest BCUT2D eigenvalue weighted by Crippen LogP contribution is 2.15. The fourth-order valence-corrected chi connectivity index (χ4v) is 1.56. The highest BCUT2D eigenvalue weighted by atomic mass is 19.1. The predicted octanol–water partition coefficient (Wildman–Crippen LogP) is 2.78. The summed E-state index contributed by atoms with van der Waals surface area (Å²) < 4.78 is 23.9. The lowest BCUT2D eigenvalue weighted by Gasteiger charge is -2.09. The van der Waals surface area contributed by atoms with Crippen LogP contribution in [0.4, 0.5) is 4.39 Å². The molecule has 0 spiro atoms. The van der Waals surface area contributed by atoms with Crippen molar-refractivity contribution < 1.29 is 19.0 Å². The van der Waals surface area contributed by atoms with E-state index in [4.69, 9.17) is 14.6 Å². The Morgan fingerprint density at radius 2 is 1.58 bits per heavy atom. The van der Waals surface area contributed by atoms with Crippen LogP contribution < -0.4 is 9.47 Å². The average Bonchev–Trinajstić information content (AvgIpc) is 2.46. The van der Waals surface area contributed by atoms with Gasteiger partial charge in [0.15, 0.2) is 11.6 Å². The summed E-state index contributed by atoms with van der Waals surface area (Å²) in [6, 6.07) is 13.4. The number of hydrogen-bond donors (Lipinski definition) is 1. The third-order valence-electron chi connectivity index (χ3n) is 2.55. The Labute approximate surface area is 111 Å². The Balaban J connectivity index is 1.76. The summed E-state index contributed by atoms with van der Waals surface area (Å²) in [6.45, 7) is 0.603. The van der Waals surface area contributed by atoms with Gasteiger partial charge in [-0.15, -0.1) is 0 Å². The van der Waals surface area contributed by atoms with E-state index in [-0.39, 0.29) is 24.8 Å². The zero-order chi connectivity index (χ0) is 13.5. The van der Waals surface area contributed by atoms with E-state index < -0.39 is 0 Å². The second-order valence-electron chi connectivity index (χ2n) is 3.93. The van der Waals surface area contributed by atoms with Crippen molar-refractivity contribution in [3.63, 3.8) is 0 Å². The minimum Gasteiger partial charge on any atom is -0.490 e. The van der Waals surface area contributed by atoms with Gasteiger partial charge in [-0.25, -0.2) is 4.39 Å². The van der Waals surface area contributed by atoms with Crippen LogP contribution in [0.5, 0.6) is 11.5 Å². The molecule has 0 heterocycles. The van der Waals surface area contributed by atoms with Gasteiger partial charge >= 0.3 is 0 Å². The predicted molar refractivity (Wildman–Crippen MR) is 69.8 cm³/mol. The highest BCUT2D eigenvalue weighted by molar-refractivity contribution is 5.27. The van der Waals surface area contributed by atoms with Gasteiger partial charge < -0.3 is 14.6 Å². The summed E-state index contributed by atoms with van der Waals surface area (Å²) in [5.74, 6) is 0.533. The van der Waals surface area contributed by atoms with Gasteiger partial charge in [0, 0.05) is 0 Å². The highest BCUT2D eigenvalue weighted by Gasteiger charge is 2.01. The second kappa shape index (κ2) is 6.75. The Morgan fingerprint density at radius 1 is 0.895 bits per heavy atom. The fourth-order valence-electron chi connectivity index (χ4n) is 1.56. The third kappa shape index (κ3) is 3.96. The first-order chi connectivity index (χ1) is 9.29. The van der Waals surface area contributed by atoms with Gasteiger partial charge in [-0.3, -0.25) is 0 Å². The normalized spacial score (nSPS) is 10.2. The number of hydrogen-bond acceptors (Lipinski definition) is 3. The number of benzene rings is 2. The summed E-state index contributed by atoms with van der Waals surface area (Å²) in [4.78, 5) is 0. The first kappa shape index (κ1) is 13.4. The number of ether oxygens (including phenoxy) is 2. The van der Waals surface area contributed by atoms with E-state index in [0.29, 0.717) is 12.4 Å². The number of aliphatic hydroxyl groups excluding tert-OH is 1. The van der Waals surface area contributed by atoms with E-state index >= 15 is 0 Å². The number of aliphatic hydroxyl groups is 1. The van der Waals surface area contributed by atoms with Gasteiger partial charge in [0.05, 0.1) is 6.61 Å². The topological polar surface area (TPSA) is 38.7 Å². The average molecular weight is 262 g/mol. The van der Waals surface area contributed by atoms with E-state index in [1.54, 1.807) is 42.5 Å². The van der Waals surface area contributed by atoms with Crippen molar-refractivity contribution >= 4 is 0 Å². The molecule has 1 N–H and O–H groups in total. The number of para-hydroxylation sites is 1. The van der Waals surface area contributed by atoms with Crippen molar-refractivity contribution in [2.24, 2.45) is 0 Å². The standard InChI is InChI=1S/C15H15FO3/c16-14-3-1-2-4-15(14)19-10-9-18-13-7-5-12(11-17)6-8-13/h1-8,17H,9-11H2. The fraction of sp³-hybridized carbons (Fsp3) is 0.200. The van der Waals surface area contributed by atoms with Crippen molar-refractivity contribution in [2.45, 2.75) is 6.61 Å². The summed E-state index contributed by atoms with van der Waals surface area (Å²) >= 11 is 0. The van der Waals surface area contributed by atoms with E-state index in [2.05, 4.69) is 0 Å². The third-order valence-corrected chi connectivity index (χ3v) is 2.55. The van der Waals surface area contributed by atoms with Crippen LogP contribution in [0, 0.1) is 5.82 Å². The van der Waals surface area contributed by atoms with Gasteiger partial charge in [-0.05, 0) is 29.8 Å². The lowest BCUT2D eigenvalue weighted by atomic mass is 10.2. The Morgan fingerprint density at radius 3 is 2.26 bits per heavy atom. The van der Waals surface area contributed by atoms with E-state index in [9.17, 15) is 4.39 Å². The van der Waals surface area contributed by atoms with Crippen molar-refractivity contribution in [2.75, 3.05) is 13.2 Å². The molecular weight excluding hydrogens is 247 g/mol. The monoisotopic (exact) mass is 262 g/mol. The summed E-state index contributed by atoms with van der Waals surface area (Å²) in [7, 11) is 0. The SMILES string of the molecule is OCc1ccc(OCCOc2ccccc2F)cc1. The molecule has 19 heavy (non-hydrogen) atoms. The maximum Gasteiger partial charge on any atom is 0.165 e. The Bertz CT molecular complexity index is 511. The molecule has 0 amide bonds. The van der Waals surface area contributed by atoms with Crippen molar-refractivity contribution in [3.05, 3.63) is 59.9 Å². The van der Waals surface area contributed by atoms with Crippen LogP contribution in [0.15, 0.2) is 48.5 Å². The lowest BCUT2D eigenvalue weighted by molar-refractivity contribution is 0.211. The van der Waals surface area contributed by atoms with Gasteiger partial charge in [-0.2, -0.15) is 0 Å². The minimum absolute atomic E-state index is 0.0106. The van der Waals surface area contributed by atoms with E-state index in [0.717, 1.165) is 5.56 Å².